The summed E-state index contributed by atoms with van der Waals surface area (Å²) in [5.74, 6) is 0.325. The summed E-state index contributed by atoms with van der Waals surface area (Å²) >= 11 is 1.13. The smallest absolute Gasteiger partial charge is 0.347 e. The average Bonchev–Trinajstić information content (AvgIpc) is 3.05. The molecular weight excluding hydrogens is 292 g/mol. The highest BCUT2D eigenvalue weighted by molar-refractivity contribution is 7.18. The minimum absolute atomic E-state index is 0.261. The zero-order valence-electron chi connectivity index (χ0n) is 11.4. The molecule has 0 aliphatic carbocycles. The third-order valence-electron chi connectivity index (χ3n) is 3.05. The van der Waals surface area contributed by atoms with Crippen LogP contribution in [-0.4, -0.2) is 34.7 Å². The number of imidazole rings is 1. The van der Waals surface area contributed by atoms with Gasteiger partial charge in [-0.15, -0.1) is 0 Å². The van der Waals surface area contributed by atoms with Gasteiger partial charge in [0, 0.05) is 18.0 Å². The zero-order valence-corrected chi connectivity index (χ0v) is 12.2. The Labute approximate surface area is 124 Å². The van der Waals surface area contributed by atoms with Crippen LogP contribution in [0.1, 0.15) is 9.67 Å². The van der Waals surface area contributed by atoms with E-state index in [1.54, 1.807) is 31.0 Å². The number of hydrogen-bond donors (Lipinski definition) is 1. The van der Waals surface area contributed by atoms with Crippen molar-refractivity contribution in [2.75, 3.05) is 14.2 Å². The second kappa shape index (κ2) is 5.10. The fourth-order valence-corrected chi connectivity index (χ4v) is 2.83. The van der Waals surface area contributed by atoms with Crippen LogP contribution in [-0.2, 0) is 0 Å². The van der Waals surface area contributed by atoms with E-state index in [4.69, 9.17) is 14.6 Å². The van der Waals surface area contributed by atoms with Gasteiger partial charge in [0.05, 0.1) is 19.9 Å². The lowest BCUT2D eigenvalue weighted by molar-refractivity contribution is 0.0702. The van der Waals surface area contributed by atoms with Crippen LogP contribution in [0.5, 0.6) is 11.5 Å². The lowest BCUT2D eigenvalue weighted by atomic mass is 10.1. The highest BCUT2D eigenvalue weighted by Crippen LogP contribution is 2.32. The number of aromatic nitrogens is 2. The number of fused-ring (bicyclic) bond motifs is 1. The molecule has 6 nitrogen and oxygen atoms in total. The first-order valence-corrected chi connectivity index (χ1v) is 6.88. The van der Waals surface area contributed by atoms with Crippen molar-refractivity contribution in [1.82, 2.24) is 9.38 Å². The summed E-state index contributed by atoms with van der Waals surface area (Å²) in [5, 5.41) is 8.96. The molecule has 0 fully saturated rings. The van der Waals surface area contributed by atoms with Crippen molar-refractivity contribution >= 4 is 22.3 Å². The summed E-state index contributed by atoms with van der Waals surface area (Å²) in [7, 11) is 3.16. The number of hydrogen-bond acceptors (Lipinski definition) is 5. The topological polar surface area (TPSA) is 73.1 Å². The maximum absolute atomic E-state index is 10.9. The van der Waals surface area contributed by atoms with Gasteiger partial charge in [-0.1, -0.05) is 11.3 Å². The lowest BCUT2D eigenvalue weighted by Crippen LogP contribution is -1.91. The van der Waals surface area contributed by atoms with Crippen molar-refractivity contribution < 1.29 is 19.4 Å². The van der Waals surface area contributed by atoms with Gasteiger partial charge in [-0.2, -0.15) is 0 Å². The SMILES string of the molecule is COc1ccc(-c2cn3cc(C(=O)O)sc3n2)cc1OC. The molecule has 21 heavy (non-hydrogen) atoms. The van der Waals surface area contributed by atoms with Crippen LogP contribution < -0.4 is 9.47 Å². The summed E-state index contributed by atoms with van der Waals surface area (Å²) in [5.41, 5.74) is 1.62. The first-order valence-electron chi connectivity index (χ1n) is 6.06. The molecule has 108 valence electrons. The van der Waals surface area contributed by atoms with E-state index in [0.29, 0.717) is 16.5 Å². The molecule has 2 aromatic heterocycles. The van der Waals surface area contributed by atoms with Gasteiger partial charge < -0.3 is 14.6 Å². The molecule has 1 aromatic carbocycles. The minimum atomic E-state index is -0.946. The molecule has 0 amide bonds. The standard InChI is InChI=1S/C14H12N2O4S/c1-19-10-4-3-8(5-11(10)20-2)9-6-16-7-12(13(17)18)21-14(16)15-9/h3-7H,1-2H3,(H,17,18). The van der Waals surface area contributed by atoms with Crippen LogP contribution in [0.4, 0.5) is 0 Å². The molecule has 0 bridgehead atoms. The number of benzene rings is 1. The first-order chi connectivity index (χ1) is 10.1. The van der Waals surface area contributed by atoms with Gasteiger partial charge in [-0.3, -0.25) is 4.40 Å². The minimum Gasteiger partial charge on any atom is -0.493 e. The highest BCUT2D eigenvalue weighted by atomic mass is 32.1. The van der Waals surface area contributed by atoms with E-state index >= 15 is 0 Å². The molecule has 0 saturated carbocycles. The fourth-order valence-electron chi connectivity index (χ4n) is 2.03. The van der Waals surface area contributed by atoms with Gasteiger partial charge in [-0.25, -0.2) is 9.78 Å². The molecule has 0 atom stereocenters. The van der Waals surface area contributed by atoms with Crippen molar-refractivity contribution in [3.63, 3.8) is 0 Å². The molecule has 0 aliphatic heterocycles. The number of rotatable bonds is 4. The Hall–Kier alpha value is -2.54. The first kappa shape index (κ1) is 13.4. The van der Waals surface area contributed by atoms with Crippen molar-refractivity contribution in [2.24, 2.45) is 0 Å². The Morgan fingerprint density at radius 1 is 1.24 bits per heavy atom. The Morgan fingerprint density at radius 2 is 2.00 bits per heavy atom. The van der Waals surface area contributed by atoms with Crippen LogP contribution in [0.25, 0.3) is 16.2 Å². The maximum Gasteiger partial charge on any atom is 0.347 e. The molecule has 3 aromatic rings. The van der Waals surface area contributed by atoms with Crippen LogP contribution in [0.2, 0.25) is 0 Å². The summed E-state index contributed by atoms with van der Waals surface area (Å²) in [6.45, 7) is 0. The summed E-state index contributed by atoms with van der Waals surface area (Å²) in [4.78, 5) is 16.3. The van der Waals surface area contributed by atoms with Crippen LogP contribution >= 0.6 is 11.3 Å². The predicted molar refractivity (Wildman–Crippen MR) is 78.6 cm³/mol. The number of methoxy groups -OCH3 is 2. The van der Waals surface area contributed by atoms with E-state index in [1.165, 1.54) is 0 Å². The molecule has 0 radical (unpaired) electrons. The van der Waals surface area contributed by atoms with E-state index in [9.17, 15) is 4.79 Å². The number of aromatic carboxylic acids is 1. The van der Waals surface area contributed by atoms with Crippen molar-refractivity contribution in [3.8, 4) is 22.8 Å². The molecule has 7 heteroatoms. The normalized spacial score (nSPS) is 10.8. The van der Waals surface area contributed by atoms with E-state index in [0.717, 1.165) is 22.6 Å². The number of nitrogens with zero attached hydrogens (tertiary/aromatic N) is 2. The summed E-state index contributed by atoms with van der Waals surface area (Å²) < 4.78 is 12.2. The fraction of sp³-hybridized carbons (Fsp3) is 0.143. The highest BCUT2D eigenvalue weighted by Gasteiger charge is 2.13. The Morgan fingerprint density at radius 3 is 2.62 bits per heavy atom. The van der Waals surface area contributed by atoms with Gasteiger partial charge in [-0.05, 0) is 18.2 Å². The van der Waals surface area contributed by atoms with Crippen molar-refractivity contribution in [1.29, 1.82) is 0 Å². The van der Waals surface area contributed by atoms with Crippen LogP contribution in [0, 0.1) is 0 Å². The van der Waals surface area contributed by atoms with Gasteiger partial charge >= 0.3 is 5.97 Å². The molecular formula is C14H12N2O4S. The Bertz CT molecular complexity index is 790. The summed E-state index contributed by atoms with van der Waals surface area (Å²) in [6.07, 6.45) is 3.35. The number of carbonyl (C=O) groups is 1. The van der Waals surface area contributed by atoms with E-state index in [1.807, 2.05) is 18.2 Å². The van der Waals surface area contributed by atoms with Gasteiger partial charge in [0.1, 0.15) is 4.88 Å². The van der Waals surface area contributed by atoms with E-state index in [2.05, 4.69) is 4.98 Å². The van der Waals surface area contributed by atoms with Crippen LogP contribution in [0.15, 0.2) is 30.6 Å². The zero-order chi connectivity index (χ0) is 15.0. The predicted octanol–water partition coefficient (Wildman–Crippen LogP) is 2.78. The van der Waals surface area contributed by atoms with Gasteiger partial charge in [0.25, 0.3) is 0 Å². The van der Waals surface area contributed by atoms with E-state index in [-0.39, 0.29) is 4.88 Å². The lowest BCUT2D eigenvalue weighted by Gasteiger charge is -2.08. The van der Waals surface area contributed by atoms with Gasteiger partial charge in [0.2, 0.25) is 0 Å². The van der Waals surface area contributed by atoms with Crippen LogP contribution in [0.3, 0.4) is 0 Å². The number of thiazole rings is 1. The number of carboxylic acids is 1. The molecule has 0 spiro atoms. The molecule has 0 aliphatic rings. The Balaban J connectivity index is 2.03. The molecule has 0 unspecified atom stereocenters. The third-order valence-corrected chi connectivity index (χ3v) is 4.03. The van der Waals surface area contributed by atoms with Crippen molar-refractivity contribution in [3.05, 3.63) is 35.5 Å². The van der Waals surface area contributed by atoms with Crippen molar-refractivity contribution in [2.45, 2.75) is 0 Å². The third kappa shape index (κ3) is 2.31. The van der Waals surface area contributed by atoms with E-state index < -0.39 is 5.97 Å². The molecule has 2 heterocycles. The second-order valence-electron chi connectivity index (χ2n) is 4.29. The largest absolute Gasteiger partial charge is 0.493 e. The molecule has 1 N–H and O–H groups in total. The maximum atomic E-state index is 10.9. The number of ether oxygens (including phenoxy) is 2. The Kier molecular flexibility index (Phi) is 3.26. The van der Waals surface area contributed by atoms with Gasteiger partial charge in [0.15, 0.2) is 16.5 Å². The molecule has 0 saturated heterocycles. The second-order valence-corrected chi connectivity index (χ2v) is 5.30. The number of carboxylic acid groups (broad SMARTS) is 1. The summed E-state index contributed by atoms with van der Waals surface area (Å²) in [6, 6.07) is 5.53. The average molecular weight is 304 g/mol. The monoisotopic (exact) mass is 304 g/mol. The quantitative estimate of drug-likeness (QED) is 0.802. The molecule has 3 rings (SSSR count).